The van der Waals surface area contributed by atoms with Crippen molar-refractivity contribution in [2.75, 3.05) is 18.4 Å². The third-order valence-corrected chi connectivity index (χ3v) is 7.40. The molecule has 1 N–H and O–H groups in total. The van der Waals surface area contributed by atoms with Gasteiger partial charge in [0.2, 0.25) is 0 Å². The highest BCUT2D eigenvalue weighted by molar-refractivity contribution is 7.92. The van der Waals surface area contributed by atoms with Gasteiger partial charge in [0.15, 0.2) is 0 Å². The van der Waals surface area contributed by atoms with E-state index in [0.717, 1.165) is 17.5 Å². The second-order valence-electron chi connectivity index (χ2n) is 6.84. The van der Waals surface area contributed by atoms with E-state index in [1.165, 1.54) is 30.6 Å². The Hall–Kier alpha value is -2.55. The minimum absolute atomic E-state index is 0.00898. The van der Waals surface area contributed by atoms with E-state index in [9.17, 15) is 13.2 Å². The van der Waals surface area contributed by atoms with Gasteiger partial charge in [-0.2, -0.15) is 0 Å². The van der Waals surface area contributed by atoms with Crippen LogP contribution in [0.1, 0.15) is 20.8 Å². The number of thiophene rings is 1. The predicted octanol–water partition coefficient (Wildman–Crippen LogP) is 4.41. The second-order valence-corrected chi connectivity index (χ2v) is 9.87. The van der Waals surface area contributed by atoms with E-state index in [-0.39, 0.29) is 16.6 Å². The van der Waals surface area contributed by atoms with Crippen molar-refractivity contribution in [3.05, 3.63) is 74.9 Å². The third-order valence-electron chi connectivity index (χ3n) is 4.91. The summed E-state index contributed by atoms with van der Waals surface area (Å²) >= 11 is 7.39. The number of fused-ring (bicyclic) bond motifs is 1. The lowest BCUT2D eigenvalue weighted by Gasteiger charge is -2.29. The molecule has 156 valence electrons. The van der Waals surface area contributed by atoms with E-state index in [2.05, 4.69) is 4.72 Å². The first-order valence-corrected chi connectivity index (χ1v) is 11.9. The Morgan fingerprint density at radius 1 is 1.17 bits per heavy atom. The number of carbonyl (C=O) groups excluding carboxylic acids is 1. The van der Waals surface area contributed by atoms with Gasteiger partial charge in [-0.1, -0.05) is 23.7 Å². The number of anilines is 1. The fourth-order valence-corrected chi connectivity index (χ4v) is 5.59. The van der Waals surface area contributed by atoms with Crippen LogP contribution < -0.4 is 9.46 Å². The Morgan fingerprint density at radius 2 is 2.00 bits per heavy atom. The molecule has 1 aromatic heterocycles. The van der Waals surface area contributed by atoms with Crippen molar-refractivity contribution in [2.45, 2.75) is 17.9 Å². The number of carbonyl (C=O) groups is 1. The third kappa shape index (κ3) is 4.16. The fourth-order valence-electron chi connectivity index (χ4n) is 3.42. The van der Waals surface area contributed by atoms with Crippen LogP contribution in [0.3, 0.4) is 0 Å². The smallest absolute Gasteiger partial charge is 0.265 e. The van der Waals surface area contributed by atoms with Gasteiger partial charge in [0.1, 0.15) is 10.6 Å². The molecule has 2 heterocycles. The summed E-state index contributed by atoms with van der Waals surface area (Å²) in [5.74, 6) is 0.197. The lowest BCUT2D eigenvalue weighted by Crippen LogP contribution is -2.35. The molecule has 0 spiro atoms. The van der Waals surface area contributed by atoms with Crippen molar-refractivity contribution in [2.24, 2.45) is 0 Å². The molecule has 0 saturated heterocycles. The summed E-state index contributed by atoms with van der Waals surface area (Å²) in [4.78, 5) is 15.1. The monoisotopic (exact) mass is 462 g/mol. The van der Waals surface area contributed by atoms with Gasteiger partial charge >= 0.3 is 0 Å². The Bertz CT molecular complexity index is 1190. The molecular formula is C21H19ClN2O4S2. The largest absolute Gasteiger partial charge is 0.495 e. The fraction of sp³-hybridized carbons (Fsp3) is 0.190. The van der Waals surface area contributed by atoms with Crippen LogP contribution in [0, 0.1) is 0 Å². The quantitative estimate of drug-likeness (QED) is 0.609. The van der Waals surface area contributed by atoms with Gasteiger partial charge in [0.05, 0.1) is 12.0 Å². The number of benzene rings is 2. The molecule has 0 aliphatic carbocycles. The van der Waals surface area contributed by atoms with E-state index in [1.54, 1.807) is 23.1 Å². The van der Waals surface area contributed by atoms with E-state index in [1.807, 2.05) is 23.6 Å². The molecule has 2 aromatic carbocycles. The van der Waals surface area contributed by atoms with Crippen LogP contribution in [0.15, 0.2) is 58.8 Å². The number of ether oxygens (including phenoxy) is 1. The number of rotatable bonds is 5. The average Bonchev–Trinajstić information content (AvgIpc) is 3.27. The van der Waals surface area contributed by atoms with Crippen molar-refractivity contribution in [1.82, 2.24) is 4.90 Å². The highest BCUT2D eigenvalue weighted by Gasteiger charge is 2.24. The number of nitrogens with zero attached hydrogens (tertiary/aromatic N) is 1. The van der Waals surface area contributed by atoms with E-state index in [4.69, 9.17) is 16.3 Å². The van der Waals surface area contributed by atoms with Crippen molar-refractivity contribution >= 4 is 44.6 Å². The first kappa shape index (κ1) is 20.7. The van der Waals surface area contributed by atoms with Crippen molar-refractivity contribution in [3.8, 4) is 5.75 Å². The zero-order valence-electron chi connectivity index (χ0n) is 16.1. The van der Waals surface area contributed by atoms with Gasteiger partial charge in [0, 0.05) is 23.8 Å². The lowest BCUT2D eigenvalue weighted by molar-refractivity contribution is 0.0739. The molecule has 6 nitrogen and oxygen atoms in total. The first-order chi connectivity index (χ1) is 14.4. The SMILES string of the molecule is COc1ccc(Cl)cc1S(=O)(=O)Nc1ccc2c(c1)CN(C(=O)c1cccs1)CC2. The molecule has 1 aliphatic heterocycles. The number of hydrogen-bond donors (Lipinski definition) is 1. The molecule has 0 saturated carbocycles. The minimum atomic E-state index is -3.91. The lowest BCUT2D eigenvalue weighted by atomic mass is 9.99. The molecule has 4 rings (SSSR count). The molecule has 0 atom stereocenters. The minimum Gasteiger partial charge on any atom is -0.495 e. The van der Waals surface area contributed by atoms with Crippen LogP contribution in [0.4, 0.5) is 5.69 Å². The first-order valence-electron chi connectivity index (χ1n) is 9.18. The summed E-state index contributed by atoms with van der Waals surface area (Å²) < 4.78 is 33.6. The van der Waals surface area contributed by atoms with E-state index in [0.29, 0.717) is 28.7 Å². The van der Waals surface area contributed by atoms with Gasteiger partial charge in [-0.15, -0.1) is 11.3 Å². The Labute approximate surface area is 184 Å². The summed E-state index contributed by atoms with van der Waals surface area (Å²) in [5, 5.41) is 2.17. The van der Waals surface area contributed by atoms with Gasteiger partial charge in [0.25, 0.3) is 15.9 Å². The van der Waals surface area contributed by atoms with Crippen molar-refractivity contribution < 1.29 is 17.9 Å². The normalized spacial score (nSPS) is 13.6. The Kier molecular flexibility index (Phi) is 5.73. The van der Waals surface area contributed by atoms with Crippen LogP contribution in [0.5, 0.6) is 5.75 Å². The van der Waals surface area contributed by atoms with Crippen LogP contribution >= 0.6 is 22.9 Å². The summed E-state index contributed by atoms with van der Waals surface area (Å²) in [6, 6.07) is 13.5. The molecule has 1 amide bonds. The molecular weight excluding hydrogens is 444 g/mol. The highest BCUT2D eigenvalue weighted by Crippen LogP contribution is 2.30. The maximum atomic E-state index is 12.9. The van der Waals surface area contributed by atoms with Gasteiger partial charge in [-0.05, 0) is 59.3 Å². The van der Waals surface area contributed by atoms with E-state index >= 15 is 0 Å². The molecule has 0 unspecified atom stereocenters. The number of methoxy groups -OCH3 is 1. The topological polar surface area (TPSA) is 75.7 Å². The molecule has 0 radical (unpaired) electrons. The van der Waals surface area contributed by atoms with Gasteiger partial charge < -0.3 is 9.64 Å². The van der Waals surface area contributed by atoms with Gasteiger partial charge in [-0.3, -0.25) is 9.52 Å². The van der Waals surface area contributed by atoms with Crippen LogP contribution in [-0.2, 0) is 23.0 Å². The average molecular weight is 463 g/mol. The second kappa shape index (κ2) is 8.29. The van der Waals surface area contributed by atoms with Crippen molar-refractivity contribution in [3.63, 3.8) is 0 Å². The maximum Gasteiger partial charge on any atom is 0.265 e. The number of sulfonamides is 1. The maximum absolute atomic E-state index is 12.9. The molecule has 30 heavy (non-hydrogen) atoms. The highest BCUT2D eigenvalue weighted by atomic mass is 35.5. The summed E-state index contributed by atoms with van der Waals surface area (Å²) in [6.45, 7) is 1.07. The Morgan fingerprint density at radius 3 is 2.73 bits per heavy atom. The number of halogens is 1. The molecule has 0 bridgehead atoms. The zero-order valence-corrected chi connectivity index (χ0v) is 18.5. The summed E-state index contributed by atoms with van der Waals surface area (Å²) in [6.07, 6.45) is 0.724. The van der Waals surface area contributed by atoms with Crippen LogP contribution in [0.2, 0.25) is 5.02 Å². The summed E-state index contributed by atoms with van der Waals surface area (Å²) in [7, 11) is -2.51. The molecule has 9 heteroatoms. The molecule has 1 aliphatic rings. The molecule has 0 fully saturated rings. The number of nitrogens with one attached hydrogen (secondary N) is 1. The zero-order chi connectivity index (χ0) is 21.3. The predicted molar refractivity (Wildman–Crippen MR) is 118 cm³/mol. The van der Waals surface area contributed by atoms with E-state index < -0.39 is 10.0 Å². The number of amides is 1. The van der Waals surface area contributed by atoms with Crippen molar-refractivity contribution in [1.29, 1.82) is 0 Å². The van der Waals surface area contributed by atoms with Crippen LogP contribution in [0.25, 0.3) is 0 Å². The van der Waals surface area contributed by atoms with Gasteiger partial charge in [-0.25, -0.2) is 8.42 Å². The Balaban J connectivity index is 1.58. The standard InChI is InChI=1S/C21H19ClN2O4S2/c1-28-18-7-5-16(22)12-20(18)30(26,27)23-17-6-4-14-8-9-24(13-15(14)11-17)21(25)19-3-2-10-29-19/h2-7,10-12,23H,8-9,13H2,1H3. The summed E-state index contributed by atoms with van der Waals surface area (Å²) in [5.41, 5.74) is 2.44. The molecule has 3 aromatic rings. The van der Waals surface area contributed by atoms with Crippen LogP contribution in [-0.4, -0.2) is 32.9 Å². The number of hydrogen-bond acceptors (Lipinski definition) is 5.